The van der Waals surface area contributed by atoms with E-state index in [0.717, 1.165) is 4.88 Å². The highest BCUT2D eigenvalue weighted by molar-refractivity contribution is 7.12. The molecule has 0 aliphatic carbocycles. The smallest absolute Gasteiger partial charge is 0.264 e. The summed E-state index contributed by atoms with van der Waals surface area (Å²) in [7, 11) is 0. The number of carbonyl (C=O) groups excluding carboxylic acids is 1. The van der Waals surface area contributed by atoms with Crippen molar-refractivity contribution in [2.24, 2.45) is 0 Å². The molecule has 2 nitrogen and oxygen atoms in total. The third kappa shape index (κ3) is 2.33. The summed E-state index contributed by atoms with van der Waals surface area (Å²) in [4.78, 5) is 14.1. The first-order valence-electron chi connectivity index (χ1n) is 4.05. The number of hydrogen-bond donors (Lipinski definition) is 0. The molecule has 1 rings (SSSR count). The SMILES string of the molecule is C#CCN(CC)C(=O)c1cccs1. The largest absolute Gasteiger partial charge is 0.327 e. The highest BCUT2D eigenvalue weighted by Crippen LogP contribution is 2.11. The van der Waals surface area contributed by atoms with Gasteiger partial charge in [-0.25, -0.2) is 0 Å². The van der Waals surface area contributed by atoms with Crippen LogP contribution >= 0.6 is 11.3 Å². The average Bonchev–Trinajstić information content (AvgIpc) is 2.65. The molecule has 0 fully saturated rings. The predicted octanol–water partition coefficient (Wildman–Crippen LogP) is 1.84. The lowest BCUT2D eigenvalue weighted by Gasteiger charge is -2.16. The Bertz CT molecular complexity index is 310. The number of carbonyl (C=O) groups is 1. The topological polar surface area (TPSA) is 20.3 Å². The molecule has 0 N–H and O–H groups in total. The monoisotopic (exact) mass is 193 g/mol. The Balaban J connectivity index is 2.72. The lowest BCUT2D eigenvalue weighted by molar-refractivity contribution is 0.0789. The highest BCUT2D eigenvalue weighted by atomic mass is 32.1. The Morgan fingerprint density at radius 1 is 1.77 bits per heavy atom. The number of nitrogens with zero attached hydrogens (tertiary/aromatic N) is 1. The van der Waals surface area contributed by atoms with E-state index in [2.05, 4.69) is 5.92 Å². The normalized spacial score (nSPS) is 9.23. The Labute approximate surface area is 82.2 Å². The molecule has 1 aromatic heterocycles. The van der Waals surface area contributed by atoms with E-state index in [1.165, 1.54) is 11.3 Å². The Morgan fingerprint density at radius 2 is 2.54 bits per heavy atom. The molecule has 0 aliphatic rings. The molecule has 3 heteroatoms. The third-order valence-corrected chi connectivity index (χ3v) is 2.54. The van der Waals surface area contributed by atoms with E-state index in [1.807, 2.05) is 24.4 Å². The minimum Gasteiger partial charge on any atom is -0.327 e. The van der Waals surface area contributed by atoms with Crippen molar-refractivity contribution in [1.82, 2.24) is 4.90 Å². The number of rotatable bonds is 3. The summed E-state index contributed by atoms with van der Waals surface area (Å²) in [6.07, 6.45) is 5.16. The van der Waals surface area contributed by atoms with Gasteiger partial charge >= 0.3 is 0 Å². The maximum Gasteiger partial charge on any atom is 0.264 e. The minimum absolute atomic E-state index is 0.0236. The van der Waals surface area contributed by atoms with Crippen molar-refractivity contribution in [1.29, 1.82) is 0 Å². The summed E-state index contributed by atoms with van der Waals surface area (Å²) in [5.41, 5.74) is 0. The van der Waals surface area contributed by atoms with Crippen molar-refractivity contribution in [2.75, 3.05) is 13.1 Å². The number of terminal acetylenes is 1. The minimum atomic E-state index is 0.0236. The molecule has 0 atom stereocenters. The van der Waals surface area contributed by atoms with Gasteiger partial charge in [0.25, 0.3) is 5.91 Å². The standard InChI is InChI=1S/C10H11NOS/c1-3-7-11(4-2)10(12)9-6-5-8-13-9/h1,5-6,8H,4,7H2,2H3. The van der Waals surface area contributed by atoms with E-state index in [4.69, 9.17) is 6.42 Å². The first kappa shape index (κ1) is 9.82. The molecule has 1 amide bonds. The molecule has 0 saturated heterocycles. The Hall–Kier alpha value is -1.27. The number of thiophene rings is 1. The fourth-order valence-electron chi connectivity index (χ4n) is 0.993. The Morgan fingerprint density at radius 3 is 3.00 bits per heavy atom. The fourth-order valence-corrected chi connectivity index (χ4v) is 1.68. The summed E-state index contributed by atoms with van der Waals surface area (Å²) in [5, 5.41) is 1.89. The van der Waals surface area contributed by atoms with Crippen LogP contribution in [0.1, 0.15) is 16.6 Å². The van der Waals surface area contributed by atoms with E-state index in [1.54, 1.807) is 4.90 Å². The Kier molecular flexibility index (Phi) is 3.53. The molecule has 0 unspecified atom stereocenters. The molecule has 1 heterocycles. The van der Waals surface area contributed by atoms with Gasteiger partial charge in [0, 0.05) is 6.54 Å². The van der Waals surface area contributed by atoms with Gasteiger partial charge in [0.2, 0.25) is 0 Å². The quantitative estimate of drug-likeness (QED) is 0.671. The summed E-state index contributed by atoms with van der Waals surface area (Å²) < 4.78 is 0. The molecule has 68 valence electrons. The number of amides is 1. The lowest BCUT2D eigenvalue weighted by atomic mass is 10.4. The van der Waals surface area contributed by atoms with E-state index >= 15 is 0 Å². The maximum atomic E-state index is 11.7. The maximum absolute atomic E-state index is 11.7. The van der Waals surface area contributed by atoms with Crippen molar-refractivity contribution >= 4 is 17.2 Å². The first-order valence-corrected chi connectivity index (χ1v) is 4.93. The van der Waals surface area contributed by atoms with Crippen LogP contribution in [0.3, 0.4) is 0 Å². The molecule has 0 aromatic carbocycles. The molecule has 0 bridgehead atoms. The molecule has 1 aromatic rings. The summed E-state index contributed by atoms with van der Waals surface area (Å²) >= 11 is 1.44. The summed E-state index contributed by atoms with van der Waals surface area (Å²) in [6.45, 7) is 2.96. The van der Waals surface area contributed by atoms with Gasteiger partial charge in [-0.05, 0) is 18.4 Å². The second-order valence-corrected chi connectivity index (χ2v) is 3.45. The average molecular weight is 193 g/mol. The molecular formula is C10H11NOS. The molecule has 0 radical (unpaired) electrons. The molecular weight excluding hydrogens is 182 g/mol. The number of hydrogen-bond acceptors (Lipinski definition) is 2. The van der Waals surface area contributed by atoms with Crippen LogP contribution in [0.4, 0.5) is 0 Å². The van der Waals surface area contributed by atoms with Crippen LogP contribution in [-0.2, 0) is 0 Å². The molecule has 0 spiro atoms. The van der Waals surface area contributed by atoms with Gasteiger partial charge in [0.1, 0.15) is 0 Å². The van der Waals surface area contributed by atoms with Crippen molar-refractivity contribution in [3.05, 3.63) is 22.4 Å². The van der Waals surface area contributed by atoms with Crippen molar-refractivity contribution in [2.45, 2.75) is 6.92 Å². The van der Waals surface area contributed by atoms with Gasteiger partial charge in [0.15, 0.2) is 0 Å². The van der Waals surface area contributed by atoms with Gasteiger partial charge in [-0.1, -0.05) is 12.0 Å². The predicted molar refractivity (Wildman–Crippen MR) is 54.7 cm³/mol. The van der Waals surface area contributed by atoms with Gasteiger partial charge in [-0.3, -0.25) is 4.79 Å². The van der Waals surface area contributed by atoms with Crippen LogP contribution in [0.15, 0.2) is 17.5 Å². The summed E-state index contributed by atoms with van der Waals surface area (Å²) in [5.74, 6) is 2.49. The van der Waals surface area contributed by atoms with Crippen molar-refractivity contribution in [3.8, 4) is 12.3 Å². The van der Waals surface area contributed by atoms with Gasteiger partial charge in [-0.15, -0.1) is 17.8 Å². The van der Waals surface area contributed by atoms with Crippen molar-refractivity contribution < 1.29 is 4.79 Å². The summed E-state index contributed by atoms with van der Waals surface area (Å²) in [6, 6.07) is 3.67. The van der Waals surface area contributed by atoms with Gasteiger partial charge in [0.05, 0.1) is 11.4 Å². The fraction of sp³-hybridized carbons (Fsp3) is 0.300. The third-order valence-electron chi connectivity index (χ3n) is 1.68. The zero-order chi connectivity index (χ0) is 9.68. The van der Waals surface area contributed by atoms with Crippen LogP contribution < -0.4 is 0 Å². The van der Waals surface area contributed by atoms with Gasteiger partial charge < -0.3 is 4.90 Å². The van der Waals surface area contributed by atoms with E-state index in [-0.39, 0.29) is 5.91 Å². The van der Waals surface area contributed by atoms with E-state index in [0.29, 0.717) is 13.1 Å². The van der Waals surface area contributed by atoms with Crippen LogP contribution in [0.2, 0.25) is 0 Å². The zero-order valence-corrected chi connectivity index (χ0v) is 8.30. The van der Waals surface area contributed by atoms with Gasteiger partial charge in [-0.2, -0.15) is 0 Å². The van der Waals surface area contributed by atoms with E-state index in [9.17, 15) is 4.79 Å². The second-order valence-electron chi connectivity index (χ2n) is 2.50. The van der Waals surface area contributed by atoms with Crippen LogP contribution in [0.5, 0.6) is 0 Å². The molecule has 0 aliphatic heterocycles. The first-order chi connectivity index (χ1) is 6.29. The molecule has 13 heavy (non-hydrogen) atoms. The van der Waals surface area contributed by atoms with E-state index < -0.39 is 0 Å². The van der Waals surface area contributed by atoms with Crippen LogP contribution in [0.25, 0.3) is 0 Å². The van der Waals surface area contributed by atoms with Crippen LogP contribution in [-0.4, -0.2) is 23.9 Å². The van der Waals surface area contributed by atoms with Crippen molar-refractivity contribution in [3.63, 3.8) is 0 Å². The lowest BCUT2D eigenvalue weighted by Crippen LogP contribution is -2.30. The highest BCUT2D eigenvalue weighted by Gasteiger charge is 2.12. The second kappa shape index (κ2) is 4.68. The zero-order valence-electron chi connectivity index (χ0n) is 7.49. The molecule has 0 saturated carbocycles. The van der Waals surface area contributed by atoms with Crippen LogP contribution in [0, 0.1) is 12.3 Å².